The second kappa shape index (κ2) is 5.71. The predicted octanol–water partition coefficient (Wildman–Crippen LogP) is 3.50. The van der Waals surface area contributed by atoms with Gasteiger partial charge in [0.1, 0.15) is 5.75 Å². The summed E-state index contributed by atoms with van der Waals surface area (Å²) in [5.74, 6) is 0.315. The van der Waals surface area contributed by atoms with Crippen molar-refractivity contribution in [1.29, 1.82) is 0 Å². The van der Waals surface area contributed by atoms with Gasteiger partial charge in [0.15, 0.2) is 0 Å². The van der Waals surface area contributed by atoms with Crippen LogP contribution in [0.15, 0.2) is 61.2 Å². The Morgan fingerprint density at radius 3 is 2.62 bits per heavy atom. The van der Waals surface area contributed by atoms with E-state index in [4.69, 9.17) is 0 Å². The Kier molecular flexibility index (Phi) is 3.60. The van der Waals surface area contributed by atoms with Crippen LogP contribution in [0.3, 0.4) is 0 Å². The van der Waals surface area contributed by atoms with Crippen LogP contribution < -0.4 is 5.32 Å². The molecule has 0 radical (unpaired) electrons. The molecule has 0 saturated carbocycles. The molecule has 3 rings (SSSR count). The number of hydrogen-bond donors (Lipinski definition) is 2. The molecule has 0 amide bonds. The average Bonchev–Trinajstić information content (AvgIpc) is 3.03. The van der Waals surface area contributed by atoms with Gasteiger partial charge in [0.2, 0.25) is 0 Å². The van der Waals surface area contributed by atoms with E-state index in [1.807, 2.05) is 29.8 Å². The van der Waals surface area contributed by atoms with Crippen molar-refractivity contribution >= 4 is 5.69 Å². The third-order valence-electron chi connectivity index (χ3n) is 3.44. The molecule has 0 spiro atoms. The van der Waals surface area contributed by atoms with Crippen LogP contribution in [0.25, 0.3) is 5.69 Å². The highest BCUT2D eigenvalue weighted by Crippen LogP contribution is 2.21. The van der Waals surface area contributed by atoms with E-state index >= 15 is 0 Å². The van der Waals surface area contributed by atoms with Crippen LogP contribution in [0.2, 0.25) is 0 Å². The molecule has 2 N–H and O–H groups in total. The van der Waals surface area contributed by atoms with Gasteiger partial charge in [-0.2, -0.15) is 0 Å². The van der Waals surface area contributed by atoms with Crippen molar-refractivity contribution < 1.29 is 5.11 Å². The van der Waals surface area contributed by atoms with Gasteiger partial charge in [0.05, 0.1) is 6.33 Å². The molecule has 21 heavy (non-hydrogen) atoms. The standard InChI is InChI=1S/C17H17N3O/c1-13-2-5-15(10-17(13)21)19-11-14-3-6-16(7-4-14)20-9-8-18-12-20/h2-10,12,19,21H,11H2,1H3. The van der Waals surface area contributed by atoms with Crippen molar-refractivity contribution in [3.05, 3.63) is 72.3 Å². The zero-order chi connectivity index (χ0) is 14.7. The number of hydrogen-bond acceptors (Lipinski definition) is 3. The Balaban J connectivity index is 1.66. The SMILES string of the molecule is Cc1ccc(NCc2ccc(-n3ccnc3)cc2)cc1O. The van der Waals surface area contributed by atoms with Gasteiger partial charge in [-0.3, -0.25) is 0 Å². The Hall–Kier alpha value is -2.75. The van der Waals surface area contributed by atoms with Gasteiger partial charge < -0.3 is 15.0 Å². The molecule has 1 aromatic heterocycles. The van der Waals surface area contributed by atoms with Gasteiger partial charge >= 0.3 is 0 Å². The van der Waals surface area contributed by atoms with Crippen molar-refractivity contribution in [2.24, 2.45) is 0 Å². The van der Waals surface area contributed by atoms with E-state index in [2.05, 4.69) is 34.6 Å². The Morgan fingerprint density at radius 2 is 1.95 bits per heavy atom. The van der Waals surface area contributed by atoms with Gasteiger partial charge in [-0.1, -0.05) is 18.2 Å². The van der Waals surface area contributed by atoms with E-state index in [9.17, 15) is 5.11 Å². The van der Waals surface area contributed by atoms with Crippen LogP contribution in [0.5, 0.6) is 5.75 Å². The number of phenols is 1. The average molecular weight is 279 g/mol. The fourth-order valence-electron chi connectivity index (χ4n) is 2.12. The molecule has 0 fully saturated rings. The summed E-state index contributed by atoms with van der Waals surface area (Å²) in [6, 6.07) is 13.9. The molecule has 0 aliphatic rings. The van der Waals surface area contributed by atoms with Crippen LogP contribution >= 0.6 is 0 Å². The van der Waals surface area contributed by atoms with E-state index in [-0.39, 0.29) is 0 Å². The van der Waals surface area contributed by atoms with Crippen molar-refractivity contribution in [3.8, 4) is 11.4 Å². The first-order chi connectivity index (χ1) is 10.2. The van der Waals surface area contributed by atoms with Crippen molar-refractivity contribution in [3.63, 3.8) is 0 Å². The minimum absolute atomic E-state index is 0.315. The van der Waals surface area contributed by atoms with Gasteiger partial charge in [-0.05, 0) is 36.2 Å². The fourth-order valence-corrected chi connectivity index (χ4v) is 2.12. The van der Waals surface area contributed by atoms with Crippen LogP contribution in [-0.2, 0) is 6.54 Å². The first-order valence-corrected chi connectivity index (χ1v) is 6.83. The zero-order valence-corrected chi connectivity index (χ0v) is 11.8. The summed E-state index contributed by atoms with van der Waals surface area (Å²) in [7, 11) is 0. The molecule has 4 heteroatoms. The molecule has 4 nitrogen and oxygen atoms in total. The summed E-state index contributed by atoms with van der Waals surface area (Å²) in [6.45, 7) is 2.60. The Morgan fingerprint density at radius 1 is 1.14 bits per heavy atom. The number of nitrogens with zero attached hydrogens (tertiary/aromatic N) is 2. The number of imidazole rings is 1. The van der Waals surface area contributed by atoms with Gasteiger partial charge in [-0.15, -0.1) is 0 Å². The molecule has 106 valence electrons. The highest BCUT2D eigenvalue weighted by molar-refractivity contribution is 5.51. The maximum atomic E-state index is 9.69. The number of nitrogens with one attached hydrogen (secondary N) is 1. The number of rotatable bonds is 4. The molecule has 1 heterocycles. The lowest BCUT2D eigenvalue weighted by atomic mass is 10.1. The van der Waals surface area contributed by atoms with Gasteiger partial charge in [0, 0.05) is 36.4 Å². The molecule has 0 aliphatic carbocycles. The molecule has 0 saturated heterocycles. The lowest BCUT2D eigenvalue weighted by Crippen LogP contribution is -2.00. The second-order valence-electron chi connectivity index (χ2n) is 4.99. The van der Waals surface area contributed by atoms with Gasteiger partial charge in [0.25, 0.3) is 0 Å². The largest absolute Gasteiger partial charge is 0.508 e. The molecule has 0 aliphatic heterocycles. The summed E-state index contributed by atoms with van der Waals surface area (Å²) in [5.41, 5.74) is 4.06. The van der Waals surface area contributed by atoms with Crippen LogP contribution in [0.1, 0.15) is 11.1 Å². The Bertz CT molecular complexity index is 718. The fraction of sp³-hybridized carbons (Fsp3) is 0.118. The lowest BCUT2D eigenvalue weighted by Gasteiger charge is -2.09. The molecule has 0 unspecified atom stereocenters. The summed E-state index contributed by atoms with van der Waals surface area (Å²) >= 11 is 0. The van der Waals surface area contributed by atoms with Crippen molar-refractivity contribution in [2.45, 2.75) is 13.5 Å². The smallest absolute Gasteiger partial charge is 0.120 e. The van der Waals surface area contributed by atoms with Crippen molar-refractivity contribution in [1.82, 2.24) is 9.55 Å². The van der Waals surface area contributed by atoms with Crippen LogP contribution in [0.4, 0.5) is 5.69 Å². The molecule has 0 bridgehead atoms. The third-order valence-corrected chi connectivity index (χ3v) is 3.44. The molecular weight excluding hydrogens is 262 g/mol. The molecule has 0 atom stereocenters. The number of anilines is 1. The van der Waals surface area contributed by atoms with E-state index < -0.39 is 0 Å². The Labute approximate surface area is 123 Å². The molecule has 2 aromatic carbocycles. The van der Waals surface area contributed by atoms with E-state index in [0.717, 1.165) is 16.9 Å². The maximum absolute atomic E-state index is 9.69. The lowest BCUT2D eigenvalue weighted by molar-refractivity contribution is 0.471. The van der Waals surface area contributed by atoms with Crippen LogP contribution in [-0.4, -0.2) is 14.7 Å². The van der Waals surface area contributed by atoms with E-state index in [0.29, 0.717) is 12.3 Å². The van der Waals surface area contributed by atoms with Crippen molar-refractivity contribution in [2.75, 3.05) is 5.32 Å². The molecular formula is C17H17N3O. The number of phenolic OH excluding ortho intramolecular Hbond substituents is 1. The molecule has 3 aromatic rings. The topological polar surface area (TPSA) is 50.1 Å². The highest BCUT2D eigenvalue weighted by Gasteiger charge is 2.00. The van der Waals surface area contributed by atoms with E-state index in [1.165, 1.54) is 5.56 Å². The number of aromatic hydroxyl groups is 1. The van der Waals surface area contributed by atoms with Crippen LogP contribution in [0, 0.1) is 6.92 Å². The maximum Gasteiger partial charge on any atom is 0.120 e. The zero-order valence-electron chi connectivity index (χ0n) is 11.8. The van der Waals surface area contributed by atoms with Gasteiger partial charge in [-0.25, -0.2) is 4.98 Å². The summed E-state index contributed by atoms with van der Waals surface area (Å²) < 4.78 is 1.97. The minimum Gasteiger partial charge on any atom is -0.508 e. The number of benzene rings is 2. The third kappa shape index (κ3) is 3.05. The minimum atomic E-state index is 0.315. The summed E-state index contributed by atoms with van der Waals surface area (Å²) in [4.78, 5) is 4.04. The predicted molar refractivity (Wildman–Crippen MR) is 83.7 cm³/mol. The number of aromatic nitrogens is 2. The summed E-state index contributed by atoms with van der Waals surface area (Å²) in [5, 5.41) is 13.0. The normalized spacial score (nSPS) is 10.5. The second-order valence-corrected chi connectivity index (χ2v) is 4.99. The highest BCUT2D eigenvalue weighted by atomic mass is 16.3. The quantitative estimate of drug-likeness (QED) is 0.768. The first-order valence-electron chi connectivity index (χ1n) is 6.83. The number of aryl methyl sites for hydroxylation is 1. The summed E-state index contributed by atoms with van der Waals surface area (Å²) in [6.07, 6.45) is 5.46. The monoisotopic (exact) mass is 279 g/mol. The first kappa shape index (κ1) is 13.2. The van der Waals surface area contributed by atoms with E-state index in [1.54, 1.807) is 18.6 Å².